The van der Waals surface area contributed by atoms with Gasteiger partial charge in [0, 0.05) is 32.5 Å². The third-order valence-electron chi connectivity index (χ3n) is 7.82. The van der Waals surface area contributed by atoms with Gasteiger partial charge in [-0.15, -0.1) is 0 Å². The molecule has 1 aromatic rings. The summed E-state index contributed by atoms with van der Waals surface area (Å²) in [7, 11) is 0. The largest absolute Gasteiger partial charge is 0.504 e. The van der Waals surface area contributed by atoms with Gasteiger partial charge in [-0.25, -0.2) is 19.2 Å². The number of hydrogen-bond acceptors (Lipinski definition) is 14. The summed E-state index contributed by atoms with van der Waals surface area (Å²) in [5.74, 6) is -1.74. The van der Waals surface area contributed by atoms with E-state index in [1.807, 2.05) is 6.92 Å². The highest BCUT2D eigenvalue weighted by atomic mass is 16.6. The van der Waals surface area contributed by atoms with Crippen LogP contribution in [-0.2, 0) is 49.2 Å². The van der Waals surface area contributed by atoms with Crippen molar-refractivity contribution in [3.8, 4) is 11.5 Å². The van der Waals surface area contributed by atoms with Gasteiger partial charge in [-0.3, -0.25) is 9.59 Å². The number of esters is 3. The van der Waals surface area contributed by atoms with Crippen molar-refractivity contribution < 1.29 is 67.4 Å². The van der Waals surface area contributed by atoms with E-state index in [1.54, 1.807) is 13.0 Å². The van der Waals surface area contributed by atoms with Gasteiger partial charge in [0.1, 0.15) is 19.3 Å². The summed E-state index contributed by atoms with van der Waals surface area (Å²) in [6, 6.07) is 2.96. The van der Waals surface area contributed by atoms with Crippen molar-refractivity contribution >= 4 is 36.1 Å². The van der Waals surface area contributed by atoms with Crippen LogP contribution in [0.15, 0.2) is 18.2 Å². The summed E-state index contributed by atoms with van der Waals surface area (Å²) in [5, 5.41) is 29.5. The van der Waals surface area contributed by atoms with Crippen LogP contribution in [0.25, 0.3) is 0 Å². The molecule has 0 spiro atoms. The van der Waals surface area contributed by atoms with Crippen LogP contribution in [0, 0.1) is 0 Å². The zero-order chi connectivity index (χ0) is 41.2. The van der Waals surface area contributed by atoms with Crippen LogP contribution in [0.1, 0.15) is 96.5 Å². The standard InChI is InChI=1S/C38H62N4O14/c1-3-19-40-37(49)55-22-11-5-7-14-33(45)53-26-24-51-25-27-54-34(46)15-8-6-12-23-56-38(50)41-20-10-9-13-30(35(47)52-4-2)42-36(48)39-21-18-29-16-17-31(43)32(44)28-29/h16-17,28,30,43-44H,3-15,18-27H2,1-2H3,(H,40,49)(H,41,50)(H2,39,42,48). The molecular formula is C38H62N4O14. The van der Waals surface area contributed by atoms with E-state index in [2.05, 4.69) is 21.3 Å². The lowest BCUT2D eigenvalue weighted by atomic mass is 10.1. The van der Waals surface area contributed by atoms with Gasteiger partial charge < -0.3 is 59.9 Å². The lowest BCUT2D eigenvalue weighted by Crippen LogP contribution is -2.47. The summed E-state index contributed by atoms with van der Waals surface area (Å²) < 4.78 is 30.8. The fourth-order valence-electron chi connectivity index (χ4n) is 4.84. The van der Waals surface area contributed by atoms with Crippen LogP contribution in [-0.4, -0.2) is 118 Å². The molecule has 0 aliphatic carbocycles. The number of ether oxygens (including phenoxy) is 6. The second-order valence-electron chi connectivity index (χ2n) is 12.6. The predicted octanol–water partition coefficient (Wildman–Crippen LogP) is 4.13. The lowest BCUT2D eigenvalue weighted by molar-refractivity contribution is -0.147. The van der Waals surface area contributed by atoms with Crippen LogP contribution < -0.4 is 21.3 Å². The average Bonchev–Trinajstić information content (AvgIpc) is 3.17. The van der Waals surface area contributed by atoms with Gasteiger partial charge in [0.15, 0.2) is 11.5 Å². The van der Waals surface area contributed by atoms with E-state index in [9.17, 15) is 39.0 Å². The monoisotopic (exact) mass is 798 g/mol. The van der Waals surface area contributed by atoms with Crippen molar-refractivity contribution in [2.75, 3.05) is 65.9 Å². The van der Waals surface area contributed by atoms with Gasteiger partial charge in [0.05, 0.1) is 33.0 Å². The molecule has 318 valence electrons. The van der Waals surface area contributed by atoms with E-state index in [0.717, 1.165) is 12.8 Å². The van der Waals surface area contributed by atoms with Crippen LogP contribution >= 0.6 is 0 Å². The van der Waals surface area contributed by atoms with Gasteiger partial charge in [-0.2, -0.15) is 0 Å². The number of phenolic OH excluding ortho intramolecular Hbond substituents is 2. The fourth-order valence-corrected chi connectivity index (χ4v) is 4.84. The number of amides is 4. The van der Waals surface area contributed by atoms with E-state index in [-0.39, 0.29) is 82.5 Å². The maximum atomic E-state index is 12.4. The first-order valence-corrected chi connectivity index (χ1v) is 19.5. The predicted molar refractivity (Wildman–Crippen MR) is 203 cm³/mol. The van der Waals surface area contributed by atoms with E-state index in [0.29, 0.717) is 83.0 Å². The molecule has 0 saturated heterocycles. The molecule has 0 heterocycles. The van der Waals surface area contributed by atoms with Crippen LogP contribution in [0.5, 0.6) is 11.5 Å². The Morgan fingerprint density at radius 1 is 0.607 bits per heavy atom. The van der Waals surface area contributed by atoms with E-state index in [4.69, 9.17) is 28.4 Å². The topological polar surface area (TPSA) is 246 Å². The number of phenols is 2. The molecule has 0 aliphatic heterocycles. The lowest BCUT2D eigenvalue weighted by Gasteiger charge is -2.18. The first-order chi connectivity index (χ1) is 27.0. The summed E-state index contributed by atoms with van der Waals surface area (Å²) in [5.41, 5.74) is 0.709. The van der Waals surface area contributed by atoms with Crippen molar-refractivity contribution in [3.63, 3.8) is 0 Å². The normalized spacial score (nSPS) is 11.1. The number of hydrogen-bond donors (Lipinski definition) is 6. The Labute approximate surface area is 329 Å². The molecule has 0 aromatic heterocycles. The Balaban J connectivity index is 2.00. The quantitative estimate of drug-likeness (QED) is 0.0268. The molecule has 1 unspecified atom stereocenters. The number of aromatic hydroxyl groups is 2. The Kier molecular flexibility index (Phi) is 28.2. The Bertz CT molecular complexity index is 1300. The highest BCUT2D eigenvalue weighted by Gasteiger charge is 2.21. The van der Waals surface area contributed by atoms with Crippen LogP contribution in [0.4, 0.5) is 14.4 Å². The highest BCUT2D eigenvalue weighted by Crippen LogP contribution is 2.24. The molecule has 0 saturated carbocycles. The van der Waals surface area contributed by atoms with Gasteiger partial charge in [0.25, 0.3) is 0 Å². The first kappa shape index (κ1) is 49.0. The number of unbranched alkanes of at least 4 members (excludes halogenated alkanes) is 5. The van der Waals surface area contributed by atoms with Gasteiger partial charge >= 0.3 is 36.1 Å². The molecule has 6 N–H and O–H groups in total. The third kappa shape index (κ3) is 26.7. The molecule has 0 bridgehead atoms. The molecule has 1 atom stereocenters. The minimum Gasteiger partial charge on any atom is -0.504 e. The van der Waals surface area contributed by atoms with Crippen molar-refractivity contribution in [2.45, 2.75) is 103 Å². The molecule has 56 heavy (non-hydrogen) atoms. The number of rotatable bonds is 31. The number of benzene rings is 1. The van der Waals surface area contributed by atoms with Gasteiger partial charge in [-0.05, 0) is 95.2 Å². The van der Waals surface area contributed by atoms with Crippen molar-refractivity contribution in [3.05, 3.63) is 23.8 Å². The smallest absolute Gasteiger partial charge is 0.407 e. The summed E-state index contributed by atoms with van der Waals surface area (Å²) >= 11 is 0. The Morgan fingerprint density at radius 2 is 1.21 bits per heavy atom. The molecule has 1 aromatic carbocycles. The molecule has 18 nitrogen and oxygen atoms in total. The van der Waals surface area contributed by atoms with Gasteiger partial charge in [-0.1, -0.05) is 13.0 Å². The first-order valence-electron chi connectivity index (χ1n) is 19.5. The molecule has 1 rings (SSSR count). The van der Waals surface area contributed by atoms with E-state index < -0.39 is 30.2 Å². The molecule has 4 amide bonds. The van der Waals surface area contributed by atoms with E-state index >= 15 is 0 Å². The molecule has 0 aliphatic rings. The maximum Gasteiger partial charge on any atom is 0.407 e. The number of carbonyl (C=O) groups excluding carboxylic acids is 6. The minimum absolute atomic E-state index is 0.0836. The van der Waals surface area contributed by atoms with Crippen molar-refractivity contribution in [1.82, 2.24) is 21.3 Å². The van der Waals surface area contributed by atoms with Crippen LogP contribution in [0.3, 0.4) is 0 Å². The van der Waals surface area contributed by atoms with Gasteiger partial charge in [0.2, 0.25) is 0 Å². The third-order valence-corrected chi connectivity index (χ3v) is 7.82. The van der Waals surface area contributed by atoms with Crippen molar-refractivity contribution in [2.24, 2.45) is 0 Å². The zero-order valence-electron chi connectivity index (χ0n) is 32.9. The molecule has 0 radical (unpaired) electrons. The fraction of sp³-hybridized carbons (Fsp3) is 0.684. The number of urea groups is 1. The Hall–Kier alpha value is -5.00. The molecule has 18 heteroatoms. The molecule has 0 fully saturated rings. The number of nitrogens with one attached hydrogen (secondary N) is 4. The number of carbonyl (C=O) groups is 6. The van der Waals surface area contributed by atoms with E-state index in [1.165, 1.54) is 12.1 Å². The molecular weight excluding hydrogens is 736 g/mol. The van der Waals surface area contributed by atoms with Crippen LogP contribution in [0.2, 0.25) is 0 Å². The second kappa shape index (κ2) is 32.3. The Morgan fingerprint density at radius 3 is 1.79 bits per heavy atom. The zero-order valence-corrected chi connectivity index (χ0v) is 32.9. The minimum atomic E-state index is -0.874. The SMILES string of the molecule is CCCNC(=O)OCCCCCC(=O)OCCOCCOC(=O)CCCCCOC(=O)NCCCCC(NC(=O)NCCc1ccc(O)c(O)c1)C(=O)OCC. The summed E-state index contributed by atoms with van der Waals surface area (Å²) in [4.78, 5) is 71.7. The van der Waals surface area contributed by atoms with Crippen molar-refractivity contribution in [1.29, 1.82) is 0 Å². The summed E-state index contributed by atoms with van der Waals surface area (Å²) in [6.45, 7) is 5.93. The average molecular weight is 799 g/mol. The maximum absolute atomic E-state index is 12.4. The summed E-state index contributed by atoms with van der Waals surface area (Å²) in [6.07, 6.45) is 5.89. The highest BCUT2D eigenvalue weighted by molar-refractivity contribution is 5.83. The second-order valence-corrected chi connectivity index (χ2v) is 12.6. The number of alkyl carbamates (subject to hydrolysis) is 2.